The van der Waals surface area contributed by atoms with Crippen molar-refractivity contribution in [1.82, 2.24) is 9.78 Å². The fourth-order valence-corrected chi connectivity index (χ4v) is 3.08. The number of ketones is 1. The van der Waals surface area contributed by atoms with E-state index in [4.69, 9.17) is 0 Å². The second kappa shape index (κ2) is 8.95. The van der Waals surface area contributed by atoms with Crippen LogP contribution in [0.5, 0.6) is 5.88 Å². The number of alkyl halides is 6. The number of nitrogens with zero attached hydrogens (tertiary/aromatic N) is 2. The number of benzene rings is 2. The van der Waals surface area contributed by atoms with Crippen molar-refractivity contribution in [3.63, 3.8) is 0 Å². The van der Waals surface area contributed by atoms with Gasteiger partial charge in [0.2, 0.25) is 11.7 Å². The minimum Gasteiger partial charge on any atom is -0.493 e. The predicted molar refractivity (Wildman–Crippen MR) is 89.7 cm³/mol. The summed E-state index contributed by atoms with van der Waals surface area (Å²) in [5, 5.41) is 13.5. The number of hydrogen-bond donors (Lipinski definition) is 1. The van der Waals surface area contributed by atoms with Gasteiger partial charge in [0.25, 0.3) is 0 Å². The molecule has 0 unspecified atom stereocenters. The molecule has 0 saturated heterocycles. The molecule has 3 rings (SSSR count). The van der Waals surface area contributed by atoms with Gasteiger partial charge in [0.15, 0.2) is 23.3 Å². The fraction of sp³-hybridized carbons (Fsp3) is 0.158. The van der Waals surface area contributed by atoms with Crippen LogP contribution >= 0.6 is 0 Å². The van der Waals surface area contributed by atoms with Crippen LogP contribution in [-0.4, -0.2) is 20.7 Å². The van der Waals surface area contributed by atoms with Gasteiger partial charge in [0, 0.05) is 28.7 Å². The molecule has 1 heterocycles. The molecule has 1 N–H and O–H groups in total. The number of carbonyl (C=O) groups is 1. The van der Waals surface area contributed by atoms with Gasteiger partial charge in [-0.3, -0.25) is 4.79 Å². The number of aryl methyl sites for hydroxylation is 1. The van der Waals surface area contributed by atoms with Gasteiger partial charge in [0.1, 0.15) is 11.3 Å². The SMILES string of the molecule is Cc1nn(-c2c(F)c(F)cc(F)c2F)c(O)c1C(=O)c1c(C(F)(F)F)cccc1C(F)(F)F.[Cu]. The van der Waals surface area contributed by atoms with Crippen LogP contribution in [0.4, 0.5) is 43.9 Å². The van der Waals surface area contributed by atoms with Crippen molar-refractivity contribution in [3.05, 3.63) is 75.5 Å². The van der Waals surface area contributed by atoms with Crippen LogP contribution in [0, 0.1) is 30.2 Å². The Bertz CT molecular complexity index is 1220. The Labute approximate surface area is 193 Å². The van der Waals surface area contributed by atoms with Gasteiger partial charge >= 0.3 is 12.4 Å². The topological polar surface area (TPSA) is 55.1 Å². The van der Waals surface area contributed by atoms with E-state index in [1.807, 2.05) is 0 Å². The Balaban J connectivity index is 0.00000408. The van der Waals surface area contributed by atoms with Gasteiger partial charge in [-0.25, -0.2) is 17.6 Å². The first-order valence-corrected chi connectivity index (χ1v) is 8.51. The molecule has 1 radical (unpaired) electrons. The Morgan fingerprint density at radius 1 is 0.882 bits per heavy atom. The second-order valence-electron chi connectivity index (χ2n) is 6.57. The molecule has 0 aliphatic carbocycles. The first kappa shape index (κ1) is 27.2. The molecule has 0 spiro atoms. The molecule has 0 amide bonds. The van der Waals surface area contributed by atoms with E-state index in [1.165, 1.54) is 0 Å². The summed E-state index contributed by atoms with van der Waals surface area (Å²) >= 11 is 0. The standard InChI is InChI=1S/C19H8F10N2O2.Cu/c1-6-11(17(33)31(30-6)15-13(22)9(20)5-10(21)14(15)23)16(32)12-7(18(24,25)26)3-2-4-8(12)19(27,28)29;/h2-5,33H,1H3;. The van der Waals surface area contributed by atoms with Crippen molar-refractivity contribution in [1.29, 1.82) is 0 Å². The molecule has 0 atom stereocenters. The van der Waals surface area contributed by atoms with Gasteiger partial charge in [-0.2, -0.15) is 36.1 Å². The molecule has 15 heteroatoms. The summed E-state index contributed by atoms with van der Waals surface area (Å²) in [6, 6.07) is 0.572. The maximum absolute atomic E-state index is 14.1. The van der Waals surface area contributed by atoms with Gasteiger partial charge < -0.3 is 5.11 Å². The van der Waals surface area contributed by atoms with Crippen molar-refractivity contribution in [3.8, 4) is 11.6 Å². The van der Waals surface area contributed by atoms with E-state index >= 15 is 0 Å². The maximum Gasteiger partial charge on any atom is 0.417 e. The first-order chi connectivity index (χ1) is 15.1. The fourth-order valence-electron chi connectivity index (χ4n) is 3.08. The molecule has 0 aliphatic rings. The molecule has 3 aromatic rings. The van der Waals surface area contributed by atoms with Crippen LogP contribution < -0.4 is 0 Å². The van der Waals surface area contributed by atoms with E-state index in [-0.39, 0.29) is 39.9 Å². The Kier molecular flexibility index (Phi) is 7.15. The van der Waals surface area contributed by atoms with Crippen LogP contribution in [0.25, 0.3) is 5.69 Å². The van der Waals surface area contributed by atoms with E-state index in [2.05, 4.69) is 5.10 Å². The van der Waals surface area contributed by atoms with Crippen LogP contribution in [-0.2, 0) is 29.4 Å². The molecule has 0 bridgehead atoms. The first-order valence-electron chi connectivity index (χ1n) is 8.51. The summed E-state index contributed by atoms with van der Waals surface area (Å²) in [5.41, 5.74) is -9.72. The summed E-state index contributed by atoms with van der Waals surface area (Å²) < 4.78 is 135. The quantitative estimate of drug-likeness (QED) is 0.197. The third kappa shape index (κ3) is 4.49. The zero-order valence-electron chi connectivity index (χ0n) is 16.1. The third-order valence-corrected chi connectivity index (χ3v) is 4.47. The van der Waals surface area contributed by atoms with Gasteiger partial charge in [-0.15, -0.1) is 0 Å². The number of aromatic hydroxyl groups is 1. The Morgan fingerprint density at radius 2 is 1.32 bits per heavy atom. The molecule has 0 aliphatic heterocycles. The Hall–Kier alpha value is -3.06. The van der Waals surface area contributed by atoms with Crippen molar-refractivity contribution >= 4 is 5.78 Å². The largest absolute Gasteiger partial charge is 0.493 e. The van der Waals surface area contributed by atoms with Crippen LogP contribution in [0.3, 0.4) is 0 Å². The number of rotatable bonds is 3. The summed E-state index contributed by atoms with van der Waals surface area (Å²) in [6.45, 7) is 0.804. The molecule has 187 valence electrons. The summed E-state index contributed by atoms with van der Waals surface area (Å²) in [6.07, 6.45) is -10.9. The zero-order chi connectivity index (χ0) is 25.0. The van der Waals surface area contributed by atoms with Crippen molar-refractivity contribution in [2.45, 2.75) is 19.3 Å². The molecule has 0 saturated carbocycles. The average Bonchev–Trinajstić information content (AvgIpc) is 2.98. The van der Waals surface area contributed by atoms with E-state index in [0.29, 0.717) is 6.07 Å². The minimum absolute atomic E-state index is 0. The van der Waals surface area contributed by atoms with Crippen LogP contribution in [0.15, 0.2) is 24.3 Å². The maximum atomic E-state index is 14.1. The monoisotopic (exact) mass is 549 g/mol. The number of halogens is 10. The van der Waals surface area contributed by atoms with E-state index in [0.717, 1.165) is 6.92 Å². The van der Waals surface area contributed by atoms with E-state index in [9.17, 15) is 53.8 Å². The van der Waals surface area contributed by atoms with Crippen LogP contribution in [0.2, 0.25) is 0 Å². The molecule has 4 nitrogen and oxygen atoms in total. The molecule has 1 aromatic heterocycles. The van der Waals surface area contributed by atoms with Crippen molar-refractivity contribution in [2.75, 3.05) is 0 Å². The normalized spacial score (nSPS) is 12.0. The van der Waals surface area contributed by atoms with E-state index in [1.54, 1.807) is 0 Å². The minimum atomic E-state index is -5.45. The Morgan fingerprint density at radius 3 is 1.74 bits per heavy atom. The predicted octanol–water partition coefficient (Wildman–Crippen LogP) is 5.71. The van der Waals surface area contributed by atoms with Gasteiger partial charge in [-0.05, 0) is 19.1 Å². The number of hydrogen-bond acceptors (Lipinski definition) is 3. The number of carbonyl (C=O) groups excluding carboxylic acids is 1. The van der Waals surface area contributed by atoms with Crippen molar-refractivity contribution < 1.29 is 70.9 Å². The molecular formula is C19H8CuF10N2O2. The van der Waals surface area contributed by atoms with Crippen molar-refractivity contribution in [2.24, 2.45) is 0 Å². The zero-order valence-corrected chi connectivity index (χ0v) is 17.1. The summed E-state index contributed by atoms with van der Waals surface area (Å²) in [7, 11) is 0. The molecule has 34 heavy (non-hydrogen) atoms. The average molecular weight is 550 g/mol. The van der Waals surface area contributed by atoms with Gasteiger partial charge in [-0.1, -0.05) is 6.07 Å². The molecule has 0 fully saturated rings. The molecule has 2 aromatic carbocycles. The smallest absolute Gasteiger partial charge is 0.417 e. The number of aromatic nitrogens is 2. The van der Waals surface area contributed by atoms with Gasteiger partial charge in [0.05, 0.1) is 16.8 Å². The summed E-state index contributed by atoms with van der Waals surface area (Å²) in [5.74, 6) is -11.8. The molecular weight excluding hydrogens is 542 g/mol. The second-order valence-corrected chi connectivity index (χ2v) is 6.57. The van der Waals surface area contributed by atoms with E-state index < -0.39 is 80.9 Å². The third-order valence-electron chi connectivity index (χ3n) is 4.47. The summed E-state index contributed by atoms with van der Waals surface area (Å²) in [4.78, 5) is 12.8. The van der Waals surface area contributed by atoms with Crippen LogP contribution in [0.1, 0.15) is 32.7 Å².